The summed E-state index contributed by atoms with van der Waals surface area (Å²) in [5.41, 5.74) is 1.81. The van der Waals surface area contributed by atoms with Gasteiger partial charge in [0, 0.05) is 19.4 Å². The SMILES string of the molecule is COC[C@H](C)C(=O)Nc1ccc(CCO)cc1. The number of carbonyl (C=O) groups is 1. The highest BCUT2D eigenvalue weighted by molar-refractivity contribution is 5.92. The number of benzene rings is 1. The Hall–Kier alpha value is -1.39. The molecule has 1 aromatic carbocycles. The maximum Gasteiger partial charge on any atom is 0.229 e. The van der Waals surface area contributed by atoms with E-state index in [0.29, 0.717) is 13.0 Å². The highest BCUT2D eigenvalue weighted by Gasteiger charge is 2.12. The summed E-state index contributed by atoms with van der Waals surface area (Å²) >= 11 is 0. The quantitative estimate of drug-likeness (QED) is 0.787. The molecule has 0 aromatic heterocycles. The Morgan fingerprint density at radius 2 is 2.06 bits per heavy atom. The Labute approximate surface area is 102 Å². The van der Waals surface area contributed by atoms with Crippen molar-refractivity contribution in [2.24, 2.45) is 5.92 Å². The minimum atomic E-state index is -0.169. The molecule has 0 radical (unpaired) electrons. The molecule has 17 heavy (non-hydrogen) atoms. The van der Waals surface area contributed by atoms with Gasteiger partial charge >= 0.3 is 0 Å². The van der Waals surface area contributed by atoms with Crippen molar-refractivity contribution in [2.45, 2.75) is 13.3 Å². The number of carbonyl (C=O) groups excluding carboxylic acids is 1. The zero-order chi connectivity index (χ0) is 12.7. The summed E-state index contributed by atoms with van der Waals surface area (Å²) in [5.74, 6) is -0.223. The average molecular weight is 237 g/mol. The largest absolute Gasteiger partial charge is 0.396 e. The molecule has 0 fully saturated rings. The van der Waals surface area contributed by atoms with Crippen molar-refractivity contribution in [3.05, 3.63) is 29.8 Å². The van der Waals surface area contributed by atoms with Gasteiger partial charge in [-0.3, -0.25) is 4.79 Å². The van der Waals surface area contributed by atoms with Gasteiger partial charge in [-0.2, -0.15) is 0 Å². The standard InChI is InChI=1S/C13H19NO3/c1-10(9-17-2)13(16)14-12-5-3-11(4-6-12)7-8-15/h3-6,10,15H,7-9H2,1-2H3,(H,14,16)/t10-/m0/s1. The first-order valence-electron chi connectivity index (χ1n) is 5.67. The molecule has 0 aliphatic heterocycles. The number of ether oxygens (including phenoxy) is 1. The molecule has 1 atom stereocenters. The van der Waals surface area contributed by atoms with Crippen molar-refractivity contribution < 1.29 is 14.6 Å². The highest BCUT2D eigenvalue weighted by Crippen LogP contribution is 2.11. The van der Waals surface area contributed by atoms with Gasteiger partial charge < -0.3 is 15.2 Å². The number of amides is 1. The van der Waals surface area contributed by atoms with Gasteiger partial charge in [-0.05, 0) is 24.1 Å². The maximum atomic E-state index is 11.7. The maximum absolute atomic E-state index is 11.7. The lowest BCUT2D eigenvalue weighted by Crippen LogP contribution is -2.23. The van der Waals surface area contributed by atoms with Gasteiger partial charge in [-0.25, -0.2) is 0 Å². The van der Waals surface area contributed by atoms with Crippen LogP contribution in [0.3, 0.4) is 0 Å². The monoisotopic (exact) mass is 237 g/mol. The second kappa shape index (κ2) is 7.04. The molecule has 1 amide bonds. The van der Waals surface area contributed by atoms with Crippen molar-refractivity contribution in [3.63, 3.8) is 0 Å². The predicted molar refractivity (Wildman–Crippen MR) is 66.9 cm³/mol. The summed E-state index contributed by atoms with van der Waals surface area (Å²) < 4.78 is 4.92. The van der Waals surface area contributed by atoms with Crippen LogP contribution >= 0.6 is 0 Å². The van der Waals surface area contributed by atoms with Gasteiger partial charge in [-0.15, -0.1) is 0 Å². The molecule has 0 aliphatic rings. The number of anilines is 1. The van der Waals surface area contributed by atoms with E-state index in [2.05, 4.69) is 5.32 Å². The van der Waals surface area contributed by atoms with Crippen LogP contribution in [0.25, 0.3) is 0 Å². The number of hydrogen-bond donors (Lipinski definition) is 2. The van der Waals surface area contributed by atoms with Crippen LogP contribution in [-0.2, 0) is 16.0 Å². The molecule has 0 bridgehead atoms. The number of aliphatic hydroxyl groups is 1. The van der Waals surface area contributed by atoms with E-state index in [4.69, 9.17) is 9.84 Å². The van der Waals surface area contributed by atoms with E-state index in [-0.39, 0.29) is 18.4 Å². The van der Waals surface area contributed by atoms with Crippen molar-refractivity contribution in [1.29, 1.82) is 0 Å². The molecular formula is C13H19NO3. The third-order valence-electron chi connectivity index (χ3n) is 2.49. The lowest BCUT2D eigenvalue weighted by molar-refractivity contribution is -0.120. The van der Waals surface area contributed by atoms with E-state index < -0.39 is 0 Å². The minimum absolute atomic E-state index is 0.0539. The molecule has 0 aliphatic carbocycles. The van der Waals surface area contributed by atoms with Gasteiger partial charge in [0.2, 0.25) is 5.91 Å². The molecule has 0 unspecified atom stereocenters. The van der Waals surface area contributed by atoms with Gasteiger partial charge in [-0.1, -0.05) is 19.1 Å². The second-order valence-electron chi connectivity index (χ2n) is 4.02. The topological polar surface area (TPSA) is 58.6 Å². The zero-order valence-electron chi connectivity index (χ0n) is 10.3. The summed E-state index contributed by atoms with van der Waals surface area (Å²) in [7, 11) is 1.58. The summed E-state index contributed by atoms with van der Waals surface area (Å²) in [6.07, 6.45) is 0.633. The fraction of sp³-hybridized carbons (Fsp3) is 0.462. The zero-order valence-corrected chi connectivity index (χ0v) is 10.3. The fourth-order valence-electron chi connectivity index (χ4n) is 1.47. The lowest BCUT2D eigenvalue weighted by atomic mass is 10.1. The summed E-state index contributed by atoms with van der Waals surface area (Å²) in [6.45, 7) is 2.37. The van der Waals surface area contributed by atoms with E-state index in [1.807, 2.05) is 31.2 Å². The molecular weight excluding hydrogens is 218 g/mol. The minimum Gasteiger partial charge on any atom is -0.396 e. The first kappa shape index (κ1) is 13.7. The van der Waals surface area contributed by atoms with E-state index in [1.165, 1.54) is 0 Å². The summed E-state index contributed by atoms with van der Waals surface area (Å²) in [6, 6.07) is 7.46. The van der Waals surface area contributed by atoms with E-state index in [0.717, 1.165) is 11.3 Å². The highest BCUT2D eigenvalue weighted by atomic mass is 16.5. The van der Waals surface area contributed by atoms with Crippen LogP contribution in [0.5, 0.6) is 0 Å². The van der Waals surface area contributed by atoms with Crippen molar-refractivity contribution in [3.8, 4) is 0 Å². The van der Waals surface area contributed by atoms with Gasteiger partial charge in [0.25, 0.3) is 0 Å². The van der Waals surface area contributed by atoms with Gasteiger partial charge in [0.1, 0.15) is 0 Å². The Morgan fingerprint density at radius 1 is 1.41 bits per heavy atom. The number of hydrogen-bond acceptors (Lipinski definition) is 3. The smallest absolute Gasteiger partial charge is 0.229 e. The molecule has 2 N–H and O–H groups in total. The summed E-state index contributed by atoms with van der Waals surface area (Å²) in [5, 5.41) is 11.6. The second-order valence-corrected chi connectivity index (χ2v) is 4.02. The first-order valence-corrected chi connectivity index (χ1v) is 5.67. The van der Waals surface area contributed by atoms with E-state index in [1.54, 1.807) is 7.11 Å². The molecule has 1 rings (SSSR count). The molecule has 4 nitrogen and oxygen atoms in total. The third kappa shape index (κ3) is 4.54. The Balaban J connectivity index is 2.53. The molecule has 0 heterocycles. The van der Waals surface area contributed by atoms with Crippen LogP contribution in [-0.4, -0.2) is 31.3 Å². The third-order valence-corrected chi connectivity index (χ3v) is 2.49. The average Bonchev–Trinajstić information content (AvgIpc) is 2.32. The number of nitrogens with one attached hydrogen (secondary N) is 1. The fourth-order valence-corrected chi connectivity index (χ4v) is 1.47. The van der Waals surface area contributed by atoms with Crippen LogP contribution < -0.4 is 5.32 Å². The lowest BCUT2D eigenvalue weighted by Gasteiger charge is -2.11. The van der Waals surface area contributed by atoms with Crippen LogP contribution in [0.4, 0.5) is 5.69 Å². The molecule has 94 valence electrons. The van der Waals surface area contributed by atoms with Crippen LogP contribution in [0, 0.1) is 5.92 Å². The number of aliphatic hydroxyl groups excluding tert-OH is 1. The van der Waals surface area contributed by atoms with Crippen molar-refractivity contribution >= 4 is 11.6 Å². The Kier molecular flexibility index (Phi) is 5.66. The number of rotatable bonds is 6. The number of methoxy groups -OCH3 is 1. The Bertz CT molecular complexity index is 348. The van der Waals surface area contributed by atoms with E-state index in [9.17, 15) is 4.79 Å². The van der Waals surface area contributed by atoms with Crippen molar-refractivity contribution in [2.75, 3.05) is 25.6 Å². The molecule has 1 aromatic rings. The predicted octanol–water partition coefficient (Wildman–Crippen LogP) is 1.44. The van der Waals surface area contributed by atoms with Crippen molar-refractivity contribution in [1.82, 2.24) is 0 Å². The van der Waals surface area contributed by atoms with Gasteiger partial charge in [0.15, 0.2) is 0 Å². The Morgan fingerprint density at radius 3 is 2.59 bits per heavy atom. The molecule has 4 heteroatoms. The van der Waals surface area contributed by atoms with E-state index >= 15 is 0 Å². The van der Waals surface area contributed by atoms with Crippen LogP contribution in [0.2, 0.25) is 0 Å². The molecule has 0 saturated heterocycles. The van der Waals surface area contributed by atoms with Gasteiger partial charge in [0.05, 0.1) is 12.5 Å². The normalized spacial score (nSPS) is 12.2. The summed E-state index contributed by atoms with van der Waals surface area (Å²) in [4.78, 5) is 11.7. The molecule has 0 spiro atoms. The first-order chi connectivity index (χ1) is 8.17. The van der Waals surface area contributed by atoms with Crippen LogP contribution in [0.15, 0.2) is 24.3 Å². The molecule has 0 saturated carbocycles. The van der Waals surface area contributed by atoms with Crippen LogP contribution in [0.1, 0.15) is 12.5 Å².